The molecule has 1 aromatic rings. The second kappa shape index (κ2) is 7.99. The number of ether oxygens (including phenoxy) is 1. The highest BCUT2D eigenvalue weighted by Crippen LogP contribution is 2.20. The van der Waals surface area contributed by atoms with Gasteiger partial charge in [0.15, 0.2) is 6.10 Å². The molecule has 0 saturated heterocycles. The first kappa shape index (κ1) is 17.3. The van der Waals surface area contributed by atoms with Crippen LogP contribution in [0.5, 0.6) is 5.75 Å². The Morgan fingerprint density at radius 2 is 1.74 bits per heavy atom. The van der Waals surface area contributed by atoms with E-state index < -0.39 is 12.1 Å². The average molecular weight is 319 g/mol. The lowest BCUT2D eigenvalue weighted by atomic mass is 9.95. The zero-order valence-electron chi connectivity index (χ0n) is 13.7. The van der Waals surface area contributed by atoms with Gasteiger partial charge < -0.3 is 15.2 Å². The summed E-state index contributed by atoms with van der Waals surface area (Å²) in [5, 5.41) is 12.2. The molecule has 23 heavy (non-hydrogen) atoms. The maximum Gasteiger partial charge on any atom is 0.345 e. The third-order valence-corrected chi connectivity index (χ3v) is 4.17. The quantitative estimate of drug-likeness (QED) is 0.844. The van der Waals surface area contributed by atoms with Gasteiger partial charge in [-0.1, -0.05) is 33.1 Å². The largest absolute Gasteiger partial charge is 0.478 e. The Kier molecular flexibility index (Phi) is 6.02. The van der Waals surface area contributed by atoms with E-state index in [1.807, 2.05) is 0 Å². The van der Waals surface area contributed by atoms with Crippen LogP contribution in [-0.4, -0.2) is 29.1 Å². The third-order valence-electron chi connectivity index (χ3n) is 4.17. The summed E-state index contributed by atoms with van der Waals surface area (Å²) in [6, 6.07) is 6.91. The minimum absolute atomic E-state index is 0.0814. The first-order valence-electron chi connectivity index (χ1n) is 8.27. The highest BCUT2D eigenvalue weighted by molar-refractivity contribution is 5.94. The minimum Gasteiger partial charge on any atom is -0.478 e. The summed E-state index contributed by atoms with van der Waals surface area (Å²) in [5.41, 5.74) is 0.569. The van der Waals surface area contributed by atoms with Crippen LogP contribution >= 0.6 is 0 Å². The zero-order chi connectivity index (χ0) is 16.8. The molecule has 2 rings (SSSR count). The van der Waals surface area contributed by atoms with Crippen molar-refractivity contribution in [2.45, 2.75) is 58.1 Å². The molecule has 0 aromatic heterocycles. The summed E-state index contributed by atoms with van der Waals surface area (Å²) in [6.07, 6.45) is 4.78. The van der Waals surface area contributed by atoms with E-state index in [1.54, 1.807) is 38.1 Å². The monoisotopic (exact) mass is 319 g/mol. The van der Waals surface area contributed by atoms with Crippen LogP contribution in [0.2, 0.25) is 0 Å². The van der Waals surface area contributed by atoms with Crippen LogP contribution in [0.15, 0.2) is 24.3 Å². The molecule has 0 bridgehead atoms. The number of benzene rings is 1. The molecule has 1 amide bonds. The van der Waals surface area contributed by atoms with Gasteiger partial charge in [0.25, 0.3) is 5.91 Å². The van der Waals surface area contributed by atoms with E-state index in [0.29, 0.717) is 11.3 Å². The number of amides is 1. The van der Waals surface area contributed by atoms with E-state index >= 15 is 0 Å². The second-order valence-electron chi connectivity index (χ2n) is 6.45. The molecule has 0 heterocycles. The molecule has 0 radical (unpaired) electrons. The molecule has 0 aliphatic heterocycles. The van der Waals surface area contributed by atoms with Crippen LogP contribution in [0.3, 0.4) is 0 Å². The maximum absolute atomic E-state index is 12.2. The fraction of sp³-hybridized carbons (Fsp3) is 0.556. The smallest absolute Gasteiger partial charge is 0.345 e. The predicted molar refractivity (Wildman–Crippen MR) is 87.7 cm³/mol. The number of carboxylic acids is 1. The normalized spacial score (nSPS) is 16.8. The van der Waals surface area contributed by atoms with E-state index in [-0.39, 0.29) is 17.9 Å². The standard InChI is InChI=1S/C18H25NO4/c1-12(2)16(18(21)22)23-15-10-8-13(9-11-15)17(20)19-14-6-4-3-5-7-14/h8-12,14,16H,3-7H2,1-2H3,(H,19,20)(H,21,22). The van der Waals surface area contributed by atoms with Crippen molar-refractivity contribution in [1.82, 2.24) is 5.32 Å². The highest BCUT2D eigenvalue weighted by atomic mass is 16.5. The molecule has 1 atom stereocenters. The van der Waals surface area contributed by atoms with Crippen molar-refractivity contribution < 1.29 is 19.4 Å². The Morgan fingerprint density at radius 1 is 1.13 bits per heavy atom. The Hall–Kier alpha value is -2.04. The SMILES string of the molecule is CC(C)C(Oc1ccc(C(=O)NC2CCCCC2)cc1)C(=O)O. The molecule has 1 fully saturated rings. The van der Waals surface area contributed by atoms with Crippen molar-refractivity contribution in [3.63, 3.8) is 0 Å². The highest BCUT2D eigenvalue weighted by Gasteiger charge is 2.23. The molecule has 126 valence electrons. The van der Waals surface area contributed by atoms with E-state index in [0.717, 1.165) is 12.8 Å². The molecule has 0 spiro atoms. The number of carbonyl (C=O) groups excluding carboxylic acids is 1. The van der Waals surface area contributed by atoms with E-state index in [4.69, 9.17) is 9.84 Å². The summed E-state index contributed by atoms with van der Waals surface area (Å²) >= 11 is 0. The summed E-state index contributed by atoms with van der Waals surface area (Å²) < 4.78 is 5.49. The number of carbonyl (C=O) groups is 2. The maximum atomic E-state index is 12.2. The van der Waals surface area contributed by atoms with Gasteiger partial charge in [-0.25, -0.2) is 4.79 Å². The van der Waals surface area contributed by atoms with Crippen LogP contribution in [0, 0.1) is 5.92 Å². The summed E-state index contributed by atoms with van der Waals surface area (Å²) in [5.74, 6) is -0.747. The molecule has 1 aliphatic carbocycles. The molecule has 1 saturated carbocycles. The van der Waals surface area contributed by atoms with Gasteiger partial charge in [-0.2, -0.15) is 0 Å². The van der Waals surface area contributed by atoms with Crippen LogP contribution in [0.25, 0.3) is 0 Å². The number of nitrogens with one attached hydrogen (secondary N) is 1. The molecule has 1 unspecified atom stereocenters. The van der Waals surface area contributed by atoms with Gasteiger partial charge in [0.2, 0.25) is 0 Å². The van der Waals surface area contributed by atoms with E-state index in [2.05, 4.69) is 5.32 Å². The number of carboxylic acid groups (broad SMARTS) is 1. The molecule has 1 aliphatic rings. The fourth-order valence-electron chi connectivity index (χ4n) is 2.82. The Morgan fingerprint density at radius 3 is 2.26 bits per heavy atom. The predicted octanol–water partition coefficient (Wildman–Crippen LogP) is 3.24. The van der Waals surface area contributed by atoms with Gasteiger partial charge >= 0.3 is 5.97 Å². The van der Waals surface area contributed by atoms with Gasteiger partial charge in [-0.15, -0.1) is 0 Å². The molecule has 5 nitrogen and oxygen atoms in total. The van der Waals surface area contributed by atoms with Crippen molar-refractivity contribution in [2.24, 2.45) is 5.92 Å². The van der Waals surface area contributed by atoms with E-state index in [9.17, 15) is 9.59 Å². The lowest BCUT2D eigenvalue weighted by Gasteiger charge is -2.23. The van der Waals surface area contributed by atoms with Crippen molar-refractivity contribution in [1.29, 1.82) is 0 Å². The van der Waals surface area contributed by atoms with Crippen LogP contribution in [-0.2, 0) is 4.79 Å². The number of rotatable bonds is 6. The van der Waals surface area contributed by atoms with Gasteiger partial charge in [-0.3, -0.25) is 4.79 Å². The van der Waals surface area contributed by atoms with Gasteiger partial charge in [-0.05, 0) is 37.1 Å². The number of hydrogen-bond acceptors (Lipinski definition) is 3. The Balaban J connectivity index is 1.95. The molecule has 5 heteroatoms. The lowest BCUT2D eigenvalue weighted by Crippen LogP contribution is -2.36. The third kappa shape index (κ3) is 4.98. The summed E-state index contributed by atoms with van der Waals surface area (Å²) in [4.78, 5) is 23.4. The molecule has 1 aromatic carbocycles. The van der Waals surface area contributed by atoms with Crippen LogP contribution < -0.4 is 10.1 Å². The lowest BCUT2D eigenvalue weighted by molar-refractivity contribution is -0.147. The van der Waals surface area contributed by atoms with Gasteiger partial charge in [0.05, 0.1) is 0 Å². The Labute approximate surface area is 137 Å². The van der Waals surface area contributed by atoms with Crippen molar-refractivity contribution in [3.8, 4) is 5.75 Å². The van der Waals surface area contributed by atoms with Gasteiger partial charge in [0.1, 0.15) is 5.75 Å². The minimum atomic E-state index is -0.987. The average Bonchev–Trinajstić information content (AvgIpc) is 2.53. The molecule has 2 N–H and O–H groups in total. The van der Waals surface area contributed by atoms with Crippen LogP contribution in [0.4, 0.5) is 0 Å². The van der Waals surface area contributed by atoms with Crippen molar-refractivity contribution in [3.05, 3.63) is 29.8 Å². The number of hydrogen-bond donors (Lipinski definition) is 2. The second-order valence-corrected chi connectivity index (χ2v) is 6.45. The number of aliphatic carboxylic acids is 1. The van der Waals surface area contributed by atoms with Gasteiger partial charge in [0, 0.05) is 17.5 Å². The Bertz CT molecular complexity index is 532. The zero-order valence-corrected chi connectivity index (χ0v) is 13.7. The first-order chi connectivity index (χ1) is 11.0. The topological polar surface area (TPSA) is 75.6 Å². The van der Waals surface area contributed by atoms with Crippen molar-refractivity contribution >= 4 is 11.9 Å². The first-order valence-corrected chi connectivity index (χ1v) is 8.27. The van der Waals surface area contributed by atoms with Crippen LogP contribution in [0.1, 0.15) is 56.3 Å². The van der Waals surface area contributed by atoms with Crippen molar-refractivity contribution in [2.75, 3.05) is 0 Å². The summed E-state index contributed by atoms with van der Waals surface area (Å²) in [7, 11) is 0. The van der Waals surface area contributed by atoms with E-state index in [1.165, 1.54) is 19.3 Å². The fourth-order valence-corrected chi connectivity index (χ4v) is 2.82. The molecular weight excluding hydrogens is 294 g/mol. The summed E-state index contributed by atoms with van der Waals surface area (Å²) in [6.45, 7) is 3.59. The molecular formula is C18H25NO4.